The molecule has 5 heteroatoms. The standard InChI is InChI=1S/C31H49FO2S.CH3F/c1-31-17-16-27-26-13-12-25(33)22-24(26)21-23(30(27)28(31)14-15-29(31)34)11-7-5-3-2-4-6-9-19-35-20-10-8-18-32;1-2/h12-13,22-23,27-30,33-34H,2-11,14-21H2,1H3;1H3/t23-,27?,28?,29+,30?,31+;/m1./s1. The predicted octanol–water partition coefficient (Wildman–Crippen LogP) is 9.02. The molecule has 6 atom stereocenters. The molecule has 0 amide bonds. The number of thioether (sulfide) groups is 1. The fraction of sp³-hybridized carbons (Fsp3) is 0.812. The van der Waals surface area contributed by atoms with E-state index in [4.69, 9.17) is 0 Å². The monoisotopic (exact) mass is 538 g/mol. The second-order valence-corrected chi connectivity index (χ2v) is 13.3. The number of aliphatic hydroxyl groups is 1. The van der Waals surface area contributed by atoms with Crippen LogP contribution in [0.3, 0.4) is 0 Å². The van der Waals surface area contributed by atoms with Gasteiger partial charge in [-0.05, 0) is 122 Å². The molecule has 3 aliphatic rings. The Balaban J connectivity index is 0.00000186. The van der Waals surface area contributed by atoms with Gasteiger partial charge in [-0.25, -0.2) is 0 Å². The molecule has 37 heavy (non-hydrogen) atoms. The third-order valence-electron chi connectivity index (χ3n) is 9.87. The van der Waals surface area contributed by atoms with E-state index in [-0.39, 0.29) is 18.2 Å². The Hall–Kier alpha value is -0.810. The van der Waals surface area contributed by atoms with Crippen molar-refractivity contribution >= 4 is 11.8 Å². The van der Waals surface area contributed by atoms with Crippen LogP contribution in [0.1, 0.15) is 114 Å². The van der Waals surface area contributed by atoms with Crippen LogP contribution in [0.15, 0.2) is 18.2 Å². The number of fused-ring (bicyclic) bond motifs is 5. The number of phenols is 1. The molecule has 212 valence electrons. The number of aliphatic hydroxyl groups excluding tert-OH is 1. The van der Waals surface area contributed by atoms with Crippen molar-refractivity contribution < 1.29 is 19.0 Å². The average Bonchev–Trinajstić information content (AvgIpc) is 3.21. The second-order valence-electron chi connectivity index (χ2n) is 12.0. The van der Waals surface area contributed by atoms with Crippen molar-refractivity contribution in [1.29, 1.82) is 0 Å². The summed E-state index contributed by atoms with van der Waals surface area (Å²) in [6.07, 6.45) is 17.9. The van der Waals surface area contributed by atoms with Crippen molar-refractivity contribution in [2.45, 2.75) is 115 Å². The topological polar surface area (TPSA) is 40.5 Å². The lowest BCUT2D eigenvalue weighted by molar-refractivity contribution is -0.0396. The lowest BCUT2D eigenvalue weighted by Crippen LogP contribution is -2.47. The van der Waals surface area contributed by atoms with Gasteiger partial charge in [0.1, 0.15) is 5.75 Å². The highest BCUT2D eigenvalue weighted by Crippen LogP contribution is 2.62. The summed E-state index contributed by atoms with van der Waals surface area (Å²) in [6, 6.07) is 6.13. The molecule has 3 aliphatic carbocycles. The number of hydrogen-bond donors (Lipinski definition) is 2. The Morgan fingerprint density at radius 1 is 0.919 bits per heavy atom. The van der Waals surface area contributed by atoms with Gasteiger partial charge < -0.3 is 10.2 Å². The van der Waals surface area contributed by atoms with Crippen LogP contribution in [0.5, 0.6) is 5.75 Å². The van der Waals surface area contributed by atoms with Crippen molar-refractivity contribution in [2.75, 3.05) is 25.4 Å². The zero-order chi connectivity index (χ0) is 26.7. The van der Waals surface area contributed by atoms with Crippen molar-refractivity contribution in [3.63, 3.8) is 0 Å². The first kappa shape index (κ1) is 30.7. The van der Waals surface area contributed by atoms with Crippen LogP contribution >= 0.6 is 11.8 Å². The molecule has 0 radical (unpaired) electrons. The summed E-state index contributed by atoms with van der Waals surface area (Å²) in [5, 5.41) is 21.0. The van der Waals surface area contributed by atoms with E-state index in [1.807, 2.05) is 23.9 Å². The van der Waals surface area contributed by atoms with Gasteiger partial charge in [0.25, 0.3) is 0 Å². The van der Waals surface area contributed by atoms with Gasteiger partial charge in [0.05, 0.1) is 20.0 Å². The van der Waals surface area contributed by atoms with Gasteiger partial charge >= 0.3 is 0 Å². The molecule has 0 aromatic heterocycles. The Kier molecular flexibility index (Phi) is 13.0. The van der Waals surface area contributed by atoms with Crippen LogP contribution in [0.2, 0.25) is 0 Å². The summed E-state index contributed by atoms with van der Waals surface area (Å²) in [5.74, 6) is 5.43. The molecule has 0 spiro atoms. The summed E-state index contributed by atoms with van der Waals surface area (Å²) in [7, 11) is 0.500. The minimum absolute atomic E-state index is 0.110. The molecular formula is C32H52F2O2S. The fourth-order valence-electron chi connectivity index (χ4n) is 7.93. The van der Waals surface area contributed by atoms with E-state index in [0.29, 0.717) is 36.6 Å². The molecule has 4 rings (SSSR count). The number of phenolic OH excluding ortho intramolecular Hbond substituents is 1. The quantitative estimate of drug-likeness (QED) is 0.232. The number of unbranched alkanes of at least 4 members (excludes halogenated alkanes) is 7. The maximum Gasteiger partial charge on any atom is 0.115 e. The lowest BCUT2D eigenvalue weighted by atomic mass is 9.52. The SMILES string of the molecule is CF.C[C@]12CCC3c4ccc(O)cc4C[C@@H](CCCCCCCCCSCCCCF)C3C1CC[C@@H]2O. The molecular weight excluding hydrogens is 486 g/mol. The van der Waals surface area contributed by atoms with Crippen molar-refractivity contribution in [2.24, 2.45) is 23.2 Å². The number of rotatable bonds is 14. The highest BCUT2D eigenvalue weighted by atomic mass is 32.2. The van der Waals surface area contributed by atoms with Crippen LogP contribution in [0.25, 0.3) is 0 Å². The summed E-state index contributed by atoms with van der Waals surface area (Å²) in [5.41, 5.74) is 2.99. The maximum absolute atomic E-state index is 12.1. The number of halogens is 2. The van der Waals surface area contributed by atoms with E-state index in [1.165, 1.54) is 81.1 Å². The van der Waals surface area contributed by atoms with E-state index in [2.05, 4.69) is 13.0 Å². The first-order chi connectivity index (χ1) is 18.0. The minimum atomic E-state index is -0.164. The normalized spacial score (nSPS) is 30.1. The molecule has 0 bridgehead atoms. The molecule has 0 aliphatic heterocycles. The van der Waals surface area contributed by atoms with Gasteiger partial charge in [-0.2, -0.15) is 11.8 Å². The fourth-order valence-corrected chi connectivity index (χ4v) is 8.95. The Morgan fingerprint density at radius 3 is 2.32 bits per heavy atom. The number of hydrogen-bond acceptors (Lipinski definition) is 3. The predicted molar refractivity (Wildman–Crippen MR) is 154 cm³/mol. The molecule has 2 N–H and O–H groups in total. The van der Waals surface area contributed by atoms with Gasteiger partial charge in [-0.3, -0.25) is 8.78 Å². The number of benzene rings is 1. The van der Waals surface area contributed by atoms with Crippen LogP contribution in [-0.2, 0) is 6.42 Å². The molecule has 2 fully saturated rings. The van der Waals surface area contributed by atoms with Crippen molar-refractivity contribution in [3.8, 4) is 5.75 Å². The first-order valence-corrected chi connectivity index (χ1v) is 16.2. The third-order valence-corrected chi connectivity index (χ3v) is 11.0. The smallest absolute Gasteiger partial charge is 0.115 e. The summed E-state index contributed by atoms with van der Waals surface area (Å²) in [6.45, 7) is 2.21. The average molecular weight is 539 g/mol. The number of alkyl halides is 2. The zero-order valence-corrected chi connectivity index (χ0v) is 24.2. The Labute approximate surface area is 229 Å². The van der Waals surface area contributed by atoms with Gasteiger partial charge in [-0.1, -0.05) is 51.5 Å². The van der Waals surface area contributed by atoms with Crippen molar-refractivity contribution in [3.05, 3.63) is 29.3 Å². The zero-order valence-electron chi connectivity index (χ0n) is 23.4. The minimum Gasteiger partial charge on any atom is -0.508 e. The van der Waals surface area contributed by atoms with Gasteiger partial charge in [0.15, 0.2) is 0 Å². The highest BCUT2D eigenvalue weighted by molar-refractivity contribution is 7.99. The van der Waals surface area contributed by atoms with Crippen LogP contribution in [0, 0.1) is 23.2 Å². The molecule has 2 saturated carbocycles. The summed E-state index contributed by atoms with van der Waals surface area (Å²) < 4.78 is 21.6. The van der Waals surface area contributed by atoms with E-state index >= 15 is 0 Å². The molecule has 1 aromatic rings. The highest BCUT2D eigenvalue weighted by Gasteiger charge is 2.56. The molecule has 3 unspecified atom stereocenters. The lowest BCUT2D eigenvalue weighted by Gasteiger charge is -2.53. The van der Waals surface area contributed by atoms with Crippen LogP contribution in [-0.4, -0.2) is 41.7 Å². The Bertz CT molecular complexity index is 790. The van der Waals surface area contributed by atoms with E-state index in [0.717, 1.165) is 37.9 Å². The molecule has 1 aromatic carbocycles. The Morgan fingerprint density at radius 2 is 1.59 bits per heavy atom. The van der Waals surface area contributed by atoms with Crippen molar-refractivity contribution in [1.82, 2.24) is 0 Å². The third kappa shape index (κ3) is 7.87. The van der Waals surface area contributed by atoms with Gasteiger partial charge in [0, 0.05) is 0 Å². The molecule has 0 saturated heterocycles. The first-order valence-electron chi connectivity index (χ1n) is 15.1. The largest absolute Gasteiger partial charge is 0.508 e. The maximum atomic E-state index is 12.1. The van der Waals surface area contributed by atoms with E-state index < -0.39 is 0 Å². The van der Waals surface area contributed by atoms with Gasteiger partial charge in [0.2, 0.25) is 0 Å². The molecule has 2 nitrogen and oxygen atoms in total. The van der Waals surface area contributed by atoms with Gasteiger partial charge in [-0.15, -0.1) is 0 Å². The van der Waals surface area contributed by atoms with Crippen LogP contribution < -0.4 is 0 Å². The van der Waals surface area contributed by atoms with Crippen LogP contribution in [0.4, 0.5) is 8.78 Å². The number of aromatic hydroxyl groups is 1. The second kappa shape index (κ2) is 15.7. The summed E-state index contributed by atoms with van der Waals surface area (Å²) in [4.78, 5) is 0. The molecule has 0 heterocycles. The van der Waals surface area contributed by atoms with E-state index in [1.54, 1.807) is 0 Å². The van der Waals surface area contributed by atoms with E-state index in [9.17, 15) is 19.0 Å². The summed E-state index contributed by atoms with van der Waals surface area (Å²) >= 11 is 1.99.